The van der Waals surface area contributed by atoms with Gasteiger partial charge < -0.3 is 9.84 Å². The van der Waals surface area contributed by atoms with E-state index < -0.39 is 5.97 Å². The molecule has 0 radical (unpaired) electrons. The smallest absolute Gasteiger partial charge is 0.328 e. The standard InChI is InChI=1S/C21H18Cl2N2O3/c1-14-10-19(7-9-21(26)27)24-25(14)12-16-11-18(23)6-8-20(16)28-13-15-2-4-17(22)5-3-15/h2-11H,12-13H2,1H3,(H,26,27)/b9-7+. The minimum absolute atomic E-state index is 0.399. The fraction of sp³-hybridized carbons (Fsp3) is 0.143. The van der Waals surface area contributed by atoms with E-state index in [0.717, 1.165) is 22.9 Å². The van der Waals surface area contributed by atoms with Crippen LogP contribution in [0.5, 0.6) is 5.75 Å². The van der Waals surface area contributed by atoms with Crippen molar-refractivity contribution in [3.8, 4) is 5.75 Å². The van der Waals surface area contributed by atoms with Gasteiger partial charge in [0.15, 0.2) is 0 Å². The van der Waals surface area contributed by atoms with E-state index >= 15 is 0 Å². The first kappa shape index (κ1) is 20.0. The zero-order valence-corrected chi connectivity index (χ0v) is 16.6. The SMILES string of the molecule is Cc1cc(/C=C/C(=O)O)nn1Cc1cc(Cl)ccc1OCc1ccc(Cl)cc1. The summed E-state index contributed by atoms with van der Waals surface area (Å²) in [5, 5.41) is 14.5. The van der Waals surface area contributed by atoms with Crippen molar-refractivity contribution in [2.45, 2.75) is 20.1 Å². The van der Waals surface area contributed by atoms with Crippen LogP contribution in [0.2, 0.25) is 10.0 Å². The van der Waals surface area contributed by atoms with Crippen LogP contribution in [0.25, 0.3) is 6.08 Å². The Bertz CT molecular complexity index is 1010. The molecule has 144 valence electrons. The van der Waals surface area contributed by atoms with Crippen molar-refractivity contribution >= 4 is 35.2 Å². The summed E-state index contributed by atoms with van der Waals surface area (Å²) in [5.74, 6) is -0.309. The Morgan fingerprint density at radius 3 is 2.57 bits per heavy atom. The number of rotatable bonds is 7. The highest BCUT2D eigenvalue weighted by Crippen LogP contribution is 2.25. The molecule has 0 bridgehead atoms. The van der Waals surface area contributed by atoms with Crippen LogP contribution in [0.4, 0.5) is 0 Å². The monoisotopic (exact) mass is 416 g/mol. The van der Waals surface area contributed by atoms with Crippen LogP contribution in [0, 0.1) is 6.92 Å². The van der Waals surface area contributed by atoms with E-state index in [1.165, 1.54) is 6.08 Å². The third-order valence-electron chi connectivity index (χ3n) is 4.05. The van der Waals surface area contributed by atoms with Crippen LogP contribution in [-0.2, 0) is 17.9 Å². The fourth-order valence-electron chi connectivity index (χ4n) is 2.65. The molecule has 1 N–H and O–H groups in total. The molecule has 2 aromatic carbocycles. The first-order valence-corrected chi connectivity index (χ1v) is 9.27. The number of hydrogen-bond donors (Lipinski definition) is 1. The molecule has 0 aliphatic carbocycles. The van der Waals surface area contributed by atoms with Gasteiger partial charge in [0.2, 0.25) is 0 Å². The Labute approximate surface area is 172 Å². The van der Waals surface area contributed by atoms with Crippen LogP contribution in [0.3, 0.4) is 0 Å². The zero-order valence-electron chi connectivity index (χ0n) is 15.1. The van der Waals surface area contributed by atoms with Gasteiger partial charge >= 0.3 is 5.97 Å². The van der Waals surface area contributed by atoms with Crippen molar-refractivity contribution in [1.82, 2.24) is 9.78 Å². The number of benzene rings is 2. The number of hydrogen-bond acceptors (Lipinski definition) is 3. The fourth-order valence-corrected chi connectivity index (χ4v) is 2.97. The molecule has 5 nitrogen and oxygen atoms in total. The molecule has 0 aliphatic rings. The Balaban J connectivity index is 1.79. The van der Waals surface area contributed by atoms with Gasteiger partial charge in [0.05, 0.1) is 12.2 Å². The van der Waals surface area contributed by atoms with Gasteiger partial charge in [0.25, 0.3) is 0 Å². The topological polar surface area (TPSA) is 64.3 Å². The first-order chi connectivity index (χ1) is 13.4. The molecule has 7 heteroatoms. The van der Waals surface area contributed by atoms with Gasteiger partial charge in [-0.05, 0) is 55.0 Å². The van der Waals surface area contributed by atoms with Crippen molar-refractivity contribution in [2.75, 3.05) is 0 Å². The number of aromatic nitrogens is 2. The molecule has 3 aromatic rings. The van der Waals surface area contributed by atoms with Crippen molar-refractivity contribution in [2.24, 2.45) is 0 Å². The van der Waals surface area contributed by atoms with E-state index in [1.54, 1.807) is 10.7 Å². The number of ether oxygens (including phenoxy) is 1. The first-order valence-electron chi connectivity index (χ1n) is 8.52. The van der Waals surface area contributed by atoms with E-state index in [1.807, 2.05) is 49.4 Å². The van der Waals surface area contributed by atoms with E-state index in [-0.39, 0.29) is 0 Å². The Morgan fingerprint density at radius 2 is 1.86 bits per heavy atom. The molecule has 0 aliphatic heterocycles. The van der Waals surface area contributed by atoms with Gasteiger partial charge in [-0.25, -0.2) is 4.79 Å². The molecule has 0 amide bonds. The summed E-state index contributed by atoms with van der Waals surface area (Å²) in [6, 6.07) is 14.7. The molecular weight excluding hydrogens is 399 g/mol. The Hall–Kier alpha value is -2.76. The highest BCUT2D eigenvalue weighted by atomic mass is 35.5. The van der Waals surface area contributed by atoms with Crippen molar-refractivity contribution < 1.29 is 14.6 Å². The summed E-state index contributed by atoms with van der Waals surface area (Å²) in [5.41, 5.74) is 3.35. The molecule has 1 heterocycles. The summed E-state index contributed by atoms with van der Waals surface area (Å²) < 4.78 is 7.76. The predicted octanol–water partition coefficient (Wildman–Crippen LogP) is 5.22. The molecule has 3 rings (SSSR count). The quantitative estimate of drug-likeness (QED) is 0.535. The number of halogens is 2. The molecule has 0 saturated carbocycles. The van der Waals surface area contributed by atoms with E-state index in [9.17, 15) is 4.79 Å². The van der Waals surface area contributed by atoms with Gasteiger partial charge in [0, 0.05) is 27.4 Å². The lowest BCUT2D eigenvalue weighted by atomic mass is 10.2. The van der Waals surface area contributed by atoms with Crippen molar-refractivity contribution in [3.05, 3.63) is 87.2 Å². The lowest BCUT2D eigenvalue weighted by Gasteiger charge is -2.13. The number of aryl methyl sites for hydroxylation is 1. The van der Waals surface area contributed by atoms with Gasteiger partial charge in [-0.15, -0.1) is 0 Å². The second-order valence-electron chi connectivity index (χ2n) is 6.21. The number of aliphatic carboxylic acids is 1. The van der Waals surface area contributed by atoms with Crippen molar-refractivity contribution in [3.63, 3.8) is 0 Å². The van der Waals surface area contributed by atoms with Gasteiger partial charge in [-0.2, -0.15) is 5.10 Å². The number of nitrogens with zero attached hydrogens (tertiary/aromatic N) is 2. The van der Waals surface area contributed by atoms with E-state index in [0.29, 0.717) is 34.6 Å². The van der Waals surface area contributed by atoms with Gasteiger partial charge in [0.1, 0.15) is 12.4 Å². The molecule has 0 atom stereocenters. The number of carbonyl (C=O) groups is 1. The lowest BCUT2D eigenvalue weighted by molar-refractivity contribution is -0.131. The van der Waals surface area contributed by atoms with Crippen LogP contribution < -0.4 is 4.74 Å². The predicted molar refractivity (Wildman–Crippen MR) is 110 cm³/mol. The van der Waals surface area contributed by atoms with Gasteiger partial charge in [-0.1, -0.05) is 35.3 Å². The Morgan fingerprint density at radius 1 is 1.14 bits per heavy atom. The Kier molecular flexibility index (Phi) is 6.39. The average Bonchev–Trinajstić information content (AvgIpc) is 3.00. The maximum absolute atomic E-state index is 10.7. The highest BCUT2D eigenvalue weighted by molar-refractivity contribution is 6.30. The van der Waals surface area contributed by atoms with Crippen LogP contribution in [-0.4, -0.2) is 20.9 Å². The molecule has 28 heavy (non-hydrogen) atoms. The zero-order chi connectivity index (χ0) is 20.1. The maximum Gasteiger partial charge on any atom is 0.328 e. The summed E-state index contributed by atoms with van der Waals surface area (Å²) in [7, 11) is 0. The largest absolute Gasteiger partial charge is 0.489 e. The van der Waals surface area contributed by atoms with Crippen LogP contribution in [0.15, 0.2) is 54.6 Å². The van der Waals surface area contributed by atoms with Crippen molar-refractivity contribution in [1.29, 1.82) is 0 Å². The normalized spacial score (nSPS) is 11.1. The molecule has 0 spiro atoms. The minimum atomic E-state index is -1.01. The van der Waals surface area contributed by atoms with E-state index in [2.05, 4.69) is 5.10 Å². The van der Waals surface area contributed by atoms with Crippen LogP contribution in [0.1, 0.15) is 22.5 Å². The second-order valence-corrected chi connectivity index (χ2v) is 7.08. The van der Waals surface area contributed by atoms with E-state index in [4.69, 9.17) is 33.0 Å². The summed E-state index contributed by atoms with van der Waals surface area (Å²) in [4.78, 5) is 10.7. The molecule has 0 unspecified atom stereocenters. The number of carboxylic acids is 1. The minimum Gasteiger partial charge on any atom is -0.489 e. The highest BCUT2D eigenvalue weighted by Gasteiger charge is 2.10. The molecule has 0 fully saturated rings. The second kappa shape index (κ2) is 8.95. The summed E-state index contributed by atoms with van der Waals surface area (Å²) >= 11 is 12.1. The lowest BCUT2D eigenvalue weighted by Crippen LogP contribution is -2.06. The summed E-state index contributed by atoms with van der Waals surface area (Å²) in [6.07, 6.45) is 2.52. The summed E-state index contributed by atoms with van der Waals surface area (Å²) in [6.45, 7) is 2.75. The third kappa shape index (κ3) is 5.38. The number of carboxylic acid groups (broad SMARTS) is 1. The van der Waals surface area contributed by atoms with Gasteiger partial charge in [-0.3, -0.25) is 4.68 Å². The molecule has 1 aromatic heterocycles. The third-order valence-corrected chi connectivity index (χ3v) is 4.53. The maximum atomic E-state index is 10.7. The average molecular weight is 417 g/mol. The molecular formula is C21H18Cl2N2O3. The molecule has 0 saturated heterocycles. The van der Waals surface area contributed by atoms with Crippen LogP contribution >= 0.6 is 23.2 Å².